The summed E-state index contributed by atoms with van der Waals surface area (Å²) in [7, 11) is 0. The molecule has 10 aromatic rings. The number of nitrogens with two attached hydrogens (primary N) is 1. The summed E-state index contributed by atoms with van der Waals surface area (Å²) in [6, 6.07) is 63.0. The molecule has 3 heterocycles. The van der Waals surface area contributed by atoms with E-state index in [-0.39, 0.29) is 0 Å². The number of aromatic nitrogens is 2. The maximum Gasteiger partial charge on any atom is 0.0635 e. The third-order valence-electron chi connectivity index (χ3n) is 10.5. The highest BCUT2D eigenvalue weighted by atomic mass is 15.0. The molecule has 0 radical (unpaired) electrons. The molecule has 0 aliphatic heterocycles. The van der Waals surface area contributed by atoms with Gasteiger partial charge in [-0.05, 0) is 76.5 Å². The largest absolute Gasteiger partial charge is 0.398 e. The fourth-order valence-corrected chi connectivity index (χ4v) is 8.13. The lowest BCUT2D eigenvalue weighted by molar-refractivity contribution is 1.15. The van der Waals surface area contributed by atoms with Crippen LogP contribution in [-0.2, 0) is 6.42 Å². The number of nitrogens with zero attached hydrogens (tertiary/aromatic N) is 2. The normalized spacial score (nSPS) is 12.6. The monoisotopic (exact) mass is 665 g/mol. The summed E-state index contributed by atoms with van der Waals surface area (Å²) in [6.07, 6.45) is 5.16. The number of fused-ring (bicyclic) bond motifs is 12. The molecule has 3 aromatic heterocycles. The van der Waals surface area contributed by atoms with E-state index < -0.39 is 0 Å². The number of benzene rings is 7. The Bertz CT molecular complexity index is 3030. The second kappa shape index (κ2) is 12.2. The van der Waals surface area contributed by atoms with Gasteiger partial charge in [0.2, 0.25) is 0 Å². The van der Waals surface area contributed by atoms with Crippen LogP contribution in [0.4, 0.5) is 0 Å². The second-order valence-corrected chi connectivity index (χ2v) is 13.5. The van der Waals surface area contributed by atoms with E-state index in [1.54, 1.807) is 0 Å². The lowest BCUT2D eigenvalue weighted by atomic mass is 10.00. The SMILES string of the molecule is N/C(=C\C(=C/Cc1cccc(-n2c3ccccc3c3c2ccc2cc4c5ccccc5c5ccccc5n4c23)c1)c1ccccc1)c1ccccc1. The summed E-state index contributed by atoms with van der Waals surface area (Å²) in [4.78, 5) is 0. The maximum atomic E-state index is 6.64. The zero-order chi connectivity index (χ0) is 34.6. The van der Waals surface area contributed by atoms with Gasteiger partial charge in [0.25, 0.3) is 0 Å². The highest BCUT2D eigenvalue weighted by molar-refractivity contribution is 6.24. The third-order valence-corrected chi connectivity index (χ3v) is 10.5. The lowest BCUT2D eigenvalue weighted by Gasteiger charge is -2.11. The molecule has 0 saturated heterocycles. The summed E-state index contributed by atoms with van der Waals surface area (Å²) in [5, 5.41) is 7.58. The summed E-state index contributed by atoms with van der Waals surface area (Å²) >= 11 is 0. The quantitative estimate of drug-likeness (QED) is 0.139. The molecule has 10 rings (SSSR count). The second-order valence-electron chi connectivity index (χ2n) is 13.5. The van der Waals surface area contributed by atoms with E-state index in [1.807, 2.05) is 18.2 Å². The first-order chi connectivity index (χ1) is 25.7. The summed E-state index contributed by atoms with van der Waals surface area (Å²) in [5.74, 6) is 0. The molecule has 0 aliphatic carbocycles. The minimum Gasteiger partial charge on any atom is -0.398 e. The van der Waals surface area contributed by atoms with Gasteiger partial charge in [-0.2, -0.15) is 0 Å². The molecule has 0 unspecified atom stereocenters. The highest BCUT2D eigenvalue weighted by Gasteiger charge is 2.19. The molecular weight excluding hydrogens is 631 g/mol. The molecule has 0 fully saturated rings. The standard InChI is InChI=1S/C49H35N3/c50-43(35-17-5-2-6-18-35)31-36(34-15-3-1-4-16-34)27-26-33-14-13-19-38(30-33)51-45-25-12-10-23-42(45)48-46(51)29-28-37-32-47-41-22-8-7-20-39(41)40-21-9-11-24-44(40)52(47)49(37)48/h1-25,27-32H,26,50H2/b36-27+,43-31-. The van der Waals surface area contributed by atoms with Gasteiger partial charge in [-0.1, -0.05) is 146 Å². The van der Waals surface area contributed by atoms with Crippen LogP contribution in [0, 0.1) is 0 Å². The van der Waals surface area contributed by atoms with E-state index in [0.717, 1.165) is 34.5 Å². The Labute approximate surface area is 301 Å². The molecule has 52 heavy (non-hydrogen) atoms. The Balaban J connectivity index is 1.16. The molecule has 3 heteroatoms. The van der Waals surface area contributed by atoms with Gasteiger partial charge in [-0.25, -0.2) is 0 Å². The zero-order valence-corrected chi connectivity index (χ0v) is 28.6. The molecule has 0 amide bonds. The Morgan fingerprint density at radius 2 is 1.13 bits per heavy atom. The van der Waals surface area contributed by atoms with E-state index in [1.165, 1.54) is 65.5 Å². The molecular formula is C49H35N3. The average molecular weight is 666 g/mol. The van der Waals surface area contributed by atoms with Crippen LogP contribution in [0.15, 0.2) is 188 Å². The van der Waals surface area contributed by atoms with E-state index in [4.69, 9.17) is 5.73 Å². The Morgan fingerprint density at radius 1 is 0.500 bits per heavy atom. The topological polar surface area (TPSA) is 35.4 Å². The van der Waals surface area contributed by atoms with Crippen LogP contribution in [0.5, 0.6) is 0 Å². The first-order valence-corrected chi connectivity index (χ1v) is 17.9. The lowest BCUT2D eigenvalue weighted by Crippen LogP contribution is -1.97. The molecule has 7 aromatic carbocycles. The van der Waals surface area contributed by atoms with Gasteiger partial charge in [0.05, 0.1) is 27.6 Å². The predicted octanol–water partition coefficient (Wildman–Crippen LogP) is 12.1. The van der Waals surface area contributed by atoms with Gasteiger partial charge in [0, 0.05) is 38.3 Å². The van der Waals surface area contributed by atoms with Gasteiger partial charge < -0.3 is 14.7 Å². The van der Waals surface area contributed by atoms with Crippen molar-refractivity contribution in [2.24, 2.45) is 5.73 Å². The van der Waals surface area contributed by atoms with Gasteiger partial charge >= 0.3 is 0 Å². The van der Waals surface area contributed by atoms with Crippen molar-refractivity contribution in [1.82, 2.24) is 8.97 Å². The minimum atomic E-state index is 0.750. The number of rotatable bonds is 6. The van der Waals surface area contributed by atoms with Gasteiger partial charge in [0.1, 0.15) is 0 Å². The molecule has 0 saturated carbocycles. The van der Waals surface area contributed by atoms with Crippen LogP contribution in [-0.4, -0.2) is 8.97 Å². The number of pyridine rings is 1. The molecule has 0 atom stereocenters. The Morgan fingerprint density at radius 3 is 1.90 bits per heavy atom. The Kier molecular flexibility index (Phi) is 7.04. The molecule has 0 spiro atoms. The summed E-state index contributed by atoms with van der Waals surface area (Å²) < 4.78 is 4.93. The molecule has 2 N–H and O–H groups in total. The van der Waals surface area contributed by atoms with Crippen LogP contribution in [0.25, 0.3) is 76.9 Å². The highest BCUT2D eigenvalue weighted by Crippen LogP contribution is 2.41. The van der Waals surface area contributed by atoms with Gasteiger partial charge in [-0.3, -0.25) is 0 Å². The molecule has 0 aliphatic rings. The van der Waals surface area contributed by atoms with E-state index >= 15 is 0 Å². The smallest absolute Gasteiger partial charge is 0.0635 e. The first kappa shape index (κ1) is 30.0. The minimum absolute atomic E-state index is 0.750. The molecule has 0 bridgehead atoms. The molecule has 3 nitrogen and oxygen atoms in total. The number of hydrogen-bond donors (Lipinski definition) is 1. The average Bonchev–Trinajstić information content (AvgIpc) is 3.77. The van der Waals surface area contributed by atoms with Crippen molar-refractivity contribution in [2.45, 2.75) is 6.42 Å². The molecule has 246 valence electrons. The van der Waals surface area contributed by atoms with E-state index in [9.17, 15) is 0 Å². The van der Waals surface area contributed by atoms with Crippen molar-refractivity contribution >= 4 is 71.2 Å². The van der Waals surface area contributed by atoms with E-state index in [2.05, 4.69) is 179 Å². The van der Waals surface area contributed by atoms with Crippen LogP contribution in [0.2, 0.25) is 0 Å². The van der Waals surface area contributed by atoms with Crippen molar-refractivity contribution in [2.75, 3.05) is 0 Å². The fraction of sp³-hybridized carbons (Fsp3) is 0.0204. The van der Waals surface area contributed by atoms with Crippen LogP contribution < -0.4 is 5.73 Å². The maximum absolute atomic E-state index is 6.64. The number of hydrogen-bond acceptors (Lipinski definition) is 1. The number of para-hydroxylation sites is 2. The van der Waals surface area contributed by atoms with E-state index in [0.29, 0.717) is 0 Å². The van der Waals surface area contributed by atoms with Crippen molar-refractivity contribution in [3.05, 3.63) is 205 Å². The number of allylic oxidation sites excluding steroid dienone is 3. The third kappa shape index (κ3) is 4.82. The van der Waals surface area contributed by atoms with Crippen LogP contribution >= 0.6 is 0 Å². The van der Waals surface area contributed by atoms with Crippen LogP contribution in [0.1, 0.15) is 16.7 Å². The predicted molar refractivity (Wildman–Crippen MR) is 221 cm³/mol. The van der Waals surface area contributed by atoms with Crippen molar-refractivity contribution in [3.63, 3.8) is 0 Å². The van der Waals surface area contributed by atoms with Gasteiger partial charge in [-0.15, -0.1) is 0 Å². The van der Waals surface area contributed by atoms with Crippen molar-refractivity contribution in [1.29, 1.82) is 0 Å². The fourth-order valence-electron chi connectivity index (χ4n) is 8.13. The van der Waals surface area contributed by atoms with Crippen LogP contribution in [0.3, 0.4) is 0 Å². The summed E-state index contributed by atoms with van der Waals surface area (Å²) in [6.45, 7) is 0. The Hall–Kier alpha value is -6.84. The van der Waals surface area contributed by atoms with Crippen molar-refractivity contribution < 1.29 is 0 Å². The van der Waals surface area contributed by atoms with Gasteiger partial charge in [0.15, 0.2) is 0 Å². The summed E-state index contributed by atoms with van der Waals surface area (Å²) in [5.41, 5.74) is 19.1. The first-order valence-electron chi connectivity index (χ1n) is 17.9. The van der Waals surface area contributed by atoms with Crippen molar-refractivity contribution in [3.8, 4) is 5.69 Å². The zero-order valence-electron chi connectivity index (χ0n) is 28.6.